The molecule has 1 fully saturated rings. The third kappa shape index (κ3) is 2.16. The van der Waals surface area contributed by atoms with Crippen LogP contribution < -0.4 is 0 Å². The van der Waals surface area contributed by atoms with E-state index in [0.717, 1.165) is 6.54 Å². The molecule has 0 atom stereocenters. The van der Waals surface area contributed by atoms with E-state index in [2.05, 4.69) is 71.4 Å². The predicted octanol–water partition coefficient (Wildman–Crippen LogP) is 4.87. The molecular weight excluding hydrogens is 242 g/mol. The second-order valence-electron chi connectivity index (χ2n) is 5.52. The largest absolute Gasteiger partial charge is 0.342 e. The van der Waals surface area contributed by atoms with Crippen LogP contribution in [0.1, 0.15) is 24.0 Å². The van der Waals surface area contributed by atoms with E-state index in [1.165, 1.54) is 34.9 Å². The van der Waals surface area contributed by atoms with Crippen LogP contribution >= 0.6 is 0 Å². The van der Waals surface area contributed by atoms with Crippen molar-refractivity contribution in [3.63, 3.8) is 0 Å². The molecule has 0 unspecified atom stereocenters. The minimum atomic E-state index is 0.935. The molecule has 0 N–H and O–H groups in total. The van der Waals surface area contributed by atoms with E-state index in [9.17, 15) is 0 Å². The van der Waals surface area contributed by atoms with Gasteiger partial charge in [0.2, 0.25) is 0 Å². The molecule has 0 saturated heterocycles. The summed E-state index contributed by atoms with van der Waals surface area (Å²) in [4.78, 5) is 0. The van der Waals surface area contributed by atoms with Gasteiger partial charge in [0.25, 0.3) is 0 Å². The highest BCUT2D eigenvalue weighted by Gasteiger charge is 2.13. The third-order valence-corrected chi connectivity index (χ3v) is 3.91. The molecule has 0 radical (unpaired) electrons. The topological polar surface area (TPSA) is 4.93 Å². The summed E-state index contributed by atoms with van der Waals surface area (Å²) in [5.74, 6) is 0. The lowest BCUT2D eigenvalue weighted by molar-refractivity contribution is 0.836. The maximum absolute atomic E-state index is 2.36. The Labute approximate surface area is 119 Å². The number of benzene rings is 2. The lowest BCUT2D eigenvalue weighted by Crippen LogP contribution is -1.97. The number of hydrogen-bond donors (Lipinski definition) is 0. The summed E-state index contributed by atoms with van der Waals surface area (Å²) >= 11 is 0. The minimum Gasteiger partial charge on any atom is -0.342 e. The summed E-state index contributed by atoms with van der Waals surface area (Å²) in [5.41, 5.74) is 5.61. The van der Waals surface area contributed by atoms with Crippen molar-refractivity contribution in [2.24, 2.45) is 0 Å². The van der Waals surface area contributed by atoms with Crippen molar-refractivity contribution in [1.29, 1.82) is 0 Å². The zero-order valence-electron chi connectivity index (χ0n) is 11.4. The lowest BCUT2D eigenvalue weighted by atomic mass is 10.1. The van der Waals surface area contributed by atoms with Gasteiger partial charge in [0, 0.05) is 23.6 Å². The van der Waals surface area contributed by atoms with Crippen molar-refractivity contribution in [1.82, 2.24) is 4.57 Å². The average molecular weight is 259 g/mol. The summed E-state index contributed by atoms with van der Waals surface area (Å²) in [7, 11) is 0. The first-order valence-corrected chi connectivity index (χ1v) is 7.21. The molecule has 1 nitrogen and oxygen atoms in total. The molecule has 1 aromatic heterocycles. The molecule has 0 aliphatic heterocycles. The third-order valence-electron chi connectivity index (χ3n) is 3.91. The summed E-state index contributed by atoms with van der Waals surface area (Å²) < 4.78 is 2.36. The first kappa shape index (κ1) is 11.5. The van der Waals surface area contributed by atoms with Gasteiger partial charge >= 0.3 is 0 Å². The molecule has 4 rings (SSSR count). The highest BCUT2D eigenvalue weighted by Crippen LogP contribution is 2.33. The smallest absolute Gasteiger partial charge is 0.0489 e. The molecular formula is C19H17N. The van der Waals surface area contributed by atoms with Crippen molar-refractivity contribution < 1.29 is 0 Å². The zero-order valence-corrected chi connectivity index (χ0v) is 11.4. The monoisotopic (exact) mass is 259 g/mol. The van der Waals surface area contributed by atoms with Gasteiger partial charge in [-0.2, -0.15) is 0 Å². The quantitative estimate of drug-likeness (QED) is 0.632. The van der Waals surface area contributed by atoms with Gasteiger partial charge in [-0.05, 0) is 30.0 Å². The van der Waals surface area contributed by atoms with Crippen molar-refractivity contribution >= 4 is 17.0 Å². The standard InChI is InChI=1S/C19H17N/c1-2-6-16(7-3-1)13-20-14-17(12-15-10-11-15)18-8-4-5-9-19(18)20/h1-9,12,14H,10-11,13H2. The number of nitrogens with zero attached hydrogens (tertiary/aromatic N) is 1. The van der Waals surface area contributed by atoms with Crippen molar-refractivity contribution in [2.45, 2.75) is 19.4 Å². The number of allylic oxidation sites excluding steroid dienone is 1. The molecule has 20 heavy (non-hydrogen) atoms. The molecule has 1 aliphatic rings. The summed E-state index contributed by atoms with van der Waals surface area (Å²) in [6, 6.07) is 19.4. The zero-order chi connectivity index (χ0) is 13.4. The van der Waals surface area contributed by atoms with Gasteiger partial charge in [0.15, 0.2) is 0 Å². The molecule has 98 valence electrons. The summed E-state index contributed by atoms with van der Waals surface area (Å²) in [6.07, 6.45) is 7.21. The highest BCUT2D eigenvalue weighted by molar-refractivity contribution is 5.90. The number of rotatable bonds is 3. The fraction of sp³-hybridized carbons (Fsp3) is 0.158. The van der Waals surface area contributed by atoms with Crippen LogP contribution in [0.3, 0.4) is 0 Å². The Morgan fingerprint density at radius 1 is 0.900 bits per heavy atom. The molecule has 0 amide bonds. The molecule has 3 aromatic rings. The van der Waals surface area contributed by atoms with Gasteiger partial charge < -0.3 is 4.57 Å². The molecule has 2 aromatic carbocycles. The minimum absolute atomic E-state index is 0.935. The van der Waals surface area contributed by atoms with Crippen LogP contribution in [0.2, 0.25) is 0 Å². The van der Waals surface area contributed by atoms with Crippen LogP contribution in [-0.4, -0.2) is 4.57 Å². The van der Waals surface area contributed by atoms with Crippen LogP contribution in [0, 0.1) is 0 Å². The van der Waals surface area contributed by atoms with E-state index in [0.29, 0.717) is 0 Å². The fourth-order valence-corrected chi connectivity index (χ4v) is 2.74. The van der Waals surface area contributed by atoms with Crippen molar-refractivity contribution in [3.05, 3.63) is 77.5 Å². The van der Waals surface area contributed by atoms with E-state index >= 15 is 0 Å². The van der Waals surface area contributed by atoms with E-state index in [4.69, 9.17) is 0 Å². The Morgan fingerprint density at radius 2 is 1.65 bits per heavy atom. The van der Waals surface area contributed by atoms with E-state index in [-0.39, 0.29) is 0 Å². The molecule has 0 bridgehead atoms. The Hall–Kier alpha value is -2.28. The normalized spacial score (nSPS) is 13.7. The summed E-state index contributed by atoms with van der Waals surface area (Å²) in [6.45, 7) is 0.935. The highest BCUT2D eigenvalue weighted by atomic mass is 15.0. The Kier molecular flexibility index (Phi) is 2.70. The van der Waals surface area contributed by atoms with Crippen LogP contribution in [0.15, 0.2) is 66.4 Å². The SMILES string of the molecule is C(=C1CC1)c1cn(Cc2ccccc2)c2ccccc12. The average Bonchev–Trinajstić information content (AvgIpc) is 3.25. The molecule has 0 spiro atoms. The maximum Gasteiger partial charge on any atom is 0.0489 e. The van der Waals surface area contributed by atoms with Gasteiger partial charge in [-0.25, -0.2) is 0 Å². The Morgan fingerprint density at radius 3 is 2.45 bits per heavy atom. The fourth-order valence-electron chi connectivity index (χ4n) is 2.74. The number of para-hydroxylation sites is 1. The second-order valence-corrected chi connectivity index (χ2v) is 5.52. The Bertz CT molecular complexity index is 772. The van der Waals surface area contributed by atoms with Crippen LogP contribution in [-0.2, 0) is 6.54 Å². The first-order valence-electron chi connectivity index (χ1n) is 7.21. The Balaban J connectivity index is 1.81. The lowest BCUT2D eigenvalue weighted by Gasteiger charge is -2.05. The van der Waals surface area contributed by atoms with Crippen molar-refractivity contribution in [2.75, 3.05) is 0 Å². The molecule has 1 heterocycles. The molecule has 1 heteroatoms. The molecule has 1 aliphatic carbocycles. The van der Waals surface area contributed by atoms with Gasteiger partial charge in [-0.1, -0.05) is 60.2 Å². The van der Waals surface area contributed by atoms with E-state index < -0.39 is 0 Å². The van der Waals surface area contributed by atoms with Crippen molar-refractivity contribution in [3.8, 4) is 0 Å². The first-order chi connectivity index (χ1) is 9.90. The molecule has 1 saturated carbocycles. The van der Waals surface area contributed by atoms with Gasteiger partial charge in [-0.15, -0.1) is 0 Å². The summed E-state index contributed by atoms with van der Waals surface area (Å²) in [5, 5.41) is 1.36. The number of aromatic nitrogens is 1. The van der Waals surface area contributed by atoms with Gasteiger partial charge in [-0.3, -0.25) is 0 Å². The van der Waals surface area contributed by atoms with Crippen LogP contribution in [0.25, 0.3) is 17.0 Å². The number of hydrogen-bond acceptors (Lipinski definition) is 0. The predicted molar refractivity (Wildman–Crippen MR) is 84.7 cm³/mol. The van der Waals surface area contributed by atoms with E-state index in [1.54, 1.807) is 5.57 Å². The number of fused-ring (bicyclic) bond motifs is 1. The second kappa shape index (κ2) is 4.68. The van der Waals surface area contributed by atoms with Gasteiger partial charge in [0.05, 0.1) is 0 Å². The van der Waals surface area contributed by atoms with Gasteiger partial charge in [0.1, 0.15) is 0 Å². The van der Waals surface area contributed by atoms with E-state index in [1.807, 2.05) is 0 Å². The van der Waals surface area contributed by atoms with Crippen LogP contribution in [0.4, 0.5) is 0 Å². The van der Waals surface area contributed by atoms with Crippen LogP contribution in [0.5, 0.6) is 0 Å². The maximum atomic E-state index is 2.36.